The number of hydrogen-bond donors (Lipinski definition) is 4. The molecule has 23 heavy (non-hydrogen) atoms. The molecule has 1 aliphatic heterocycles. The van der Waals surface area contributed by atoms with E-state index in [0.717, 1.165) is 0 Å². The zero-order valence-electron chi connectivity index (χ0n) is 11.1. The highest BCUT2D eigenvalue weighted by Gasteiger charge is 2.46. The first kappa shape index (κ1) is 17.3. The van der Waals surface area contributed by atoms with E-state index < -0.39 is 41.2 Å². The fourth-order valence-corrected chi connectivity index (χ4v) is 3.71. The monoisotopic (exact) mass is 449 g/mol. The number of carbonyl (C=O) groups is 3. The predicted molar refractivity (Wildman–Crippen MR) is 82.8 cm³/mol. The fourth-order valence-electron chi connectivity index (χ4n) is 2.37. The minimum Gasteiger partial charge on any atom is -0.481 e. The number of halogens is 2. The van der Waals surface area contributed by atoms with Gasteiger partial charge in [-0.2, -0.15) is 0 Å². The quantitative estimate of drug-likeness (QED) is 0.507. The van der Waals surface area contributed by atoms with Crippen LogP contribution in [0.25, 0.3) is 0 Å². The maximum Gasteiger partial charge on any atom is 0.337 e. The smallest absolute Gasteiger partial charge is 0.337 e. The topological polar surface area (TPSA) is 147 Å². The number of rotatable bonds is 4. The van der Waals surface area contributed by atoms with E-state index in [0.29, 0.717) is 8.95 Å². The highest BCUT2D eigenvalue weighted by atomic mass is 79.9. The third-order valence-corrected chi connectivity index (χ3v) is 4.30. The largest absolute Gasteiger partial charge is 0.481 e. The van der Waals surface area contributed by atoms with Crippen LogP contribution in [-0.2, 0) is 14.4 Å². The number of carboxylic acids is 3. The summed E-state index contributed by atoms with van der Waals surface area (Å²) in [7, 11) is 0. The first-order chi connectivity index (χ1) is 10.6. The minimum absolute atomic E-state index is 0.0770. The van der Waals surface area contributed by atoms with E-state index in [1.165, 1.54) is 6.07 Å². The van der Waals surface area contributed by atoms with Crippen LogP contribution in [0.4, 0.5) is 0 Å². The summed E-state index contributed by atoms with van der Waals surface area (Å²) in [5.41, 5.74) is 5.07. The highest BCUT2D eigenvalue weighted by molar-refractivity contribution is 9.11. The lowest BCUT2D eigenvalue weighted by Gasteiger charge is -2.30. The second-order valence-corrected chi connectivity index (χ2v) is 6.39. The summed E-state index contributed by atoms with van der Waals surface area (Å²) >= 11 is 6.38. The molecule has 1 atom stereocenters. The van der Waals surface area contributed by atoms with E-state index >= 15 is 0 Å². The van der Waals surface area contributed by atoms with Crippen molar-refractivity contribution in [2.45, 2.75) is 5.92 Å². The number of benzene rings is 1. The van der Waals surface area contributed by atoms with E-state index in [9.17, 15) is 29.7 Å². The zero-order chi connectivity index (χ0) is 17.5. The number of aliphatic carboxylic acids is 3. The van der Waals surface area contributed by atoms with Gasteiger partial charge in [-0.1, -0.05) is 15.9 Å². The summed E-state index contributed by atoms with van der Waals surface area (Å²) in [5.74, 6) is -8.94. The molecule has 2 rings (SSSR count). The molecule has 0 fully saturated rings. The standard InChI is InChI=1S/C13H9Br2NO7/c14-3-1-4-6(8(12(19)20)13(21)22)7(11(17)18)10(16)23-9(4)5(15)2-3/h1-2,6,8H,16H2,(H,17,18)(H,19,20)(H,21,22). The fraction of sp³-hybridized carbons (Fsp3) is 0.154. The lowest BCUT2D eigenvalue weighted by atomic mass is 9.78. The molecule has 122 valence electrons. The molecule has 8 nitrogen and oxygen atoms in total. The van der Waals surface area contributed by atoms with Gasteiger partial charge in [-0.3, -0.25) is 9.59 Å². The van der Waals surface area contributed by atoms with E-state index in [4.69, 9.17) is 10.5 Å². The minimum atomic E-state index is -2.04. The molecule has 0 aromatic heterocycles. The Balaban J connectivity index is 2.81. The average Bonchev–Trinajstić information content (AvgIpc) is 2.38. The third-order valence-electron chi connectivity index (χ3n) is 3.26. The van der Waals surface area contributed by atoms with E-state index in [-0.39, 0.29) is 11.3 Å². The van der Waals surface area contributed by atoms with E-state index in [1.54, 1.807) is 6.07 Å². The molecule has 1 aromatic carbocycles. The molecule has 10 heteroatoms. The van der Waals surface area contributed by atoms with Gasteiger partial charge in [-0.05, 0) is 28.1 Å². The number of carboxylic acid groups (broad SMARTS) is 3. The molecule has 1 aliphatic rings. The van der Waals surface area contributed by atoms with Crippen molar-refractivity contribution in [3.63, 3.8) is 0 Å². The summed E-state index contributed by atoms with van der Waals surface area (Å²) in [5, 5.41) is 27.8. The van der Waals surface area contributed by atoms with Crippen molar-refractivity contribution in [2.75, 3.05) is 0 Å². The highest BCUT2D eigenvalue weighted by Crippen LogP contribution is 2.47. The van der Waals surface area contributed by atoms with Crippen LogP contribution in [0.3, 0.4) is 0 Å². The van der Waals surface area contributed by atoms with Gasteiger partial charge in [0.15, 0.2) is 5.92 Å². The van der Waals surface area contributed by atoms with Gasteiger partial charge in [0.2, 0.25) is 5.88 Å². The van der Waals surface area contributed by atoms with Gasteiger partial charge < -0.3 is 25.8 Å². The van der Waals surface area contributed by atoms with Crippen molar-refractivity contribution >= 4 is 49.8 Å². The molecule has 1 unspecified atom stereocenters. The van der Waals surface area contributed by atoms with Crippen molar-refractivity contribution in [1.82, 2.24) is 0 Å². The van der Waals surface area contributed by atoms with Crippen LogP contribution in [0.5, 0.6) is 5.75 Å². The van der Waals surface area contributed by atoms with Gasteiger partial charge in [-0.25, -0.2) is 4.79 Å². The maximum atomic E-state index is 11.5. The molecule has 0 radical (unpaired) electrons. The number of fused-ring (bicyclic) bond motifs is 1. The molecule has 1 heterocycles. The molecule has 0 saturated heterocycles. The average molecular weight is 451 g/mol. The summed E-state index contributed by atoms with van der Waals surface area (Å²) < 4.78 is 6.11. The first-order valence-electron chi connectivity index (χ1n) is 6.00. The summed E-state index contributed by atoms with van der Waals surface area (Å²) in [6.07, 6.45) is 0. The Morgan fingerprint density at radius 3 is 2.17 bits per heavy atom. The molecule has 0 bridgehead atoms. The Labute approximate surface area is 145 Å². The van der Waals surface area contributed by atoms with Gasteiger partial charge >= 0.3 is 17.9 Å². The molecule has 0 spiro atoms. The Morgan fingerprint density at radius 2 is 1.70 bits per heavy atom. The third kappa shape index (κ3) is 3.04. The molecule has 5 N–H and O–H groups in total. The lowest BCUT2D eigenvalue weighted by Crippen LogP contribution is -2.37. The van der Waals surface area contributed by atoms with E-state index in [1.807, 2.05) is 0 Å². The van der Waals surface area contributed by atoms with Gasteiger partial charge in [0.1, 0.15) is 11.3 Å². The van der Waals surface area contributed by atoms with Crippen molar-refractivity contribution < 1.29 is 34.4 Å². The Morgan fingerprint density at radius 1 is 1.13 bits per heavy atom. The first-order valence-corrected chi connectivity index (χ1v) is 7.59. The Hall–Kier alpha value is -2.07. The molecular formula is C13H9Br2NO7. The molecular weight excluding hydrogens is 442 g/mol. The van der Waals surface area contributed by atoms with Crippen LogP contribution in [0.2, 0.25) is 0 Å². The van der Waals surface area contributed by atoms with Crippen LogP contribution >= 0.6 is 31.9 Å². The van der Waals surface area contributed by atoms with Crippen LogP contribution < -0.4 is 10.5 Å². The molecule has 0 aliphatic carbocycles. The molecule has 0 amide bonds. The maximum absolute atomic E-state index is 11.5. The summed E-state index contributed by atoms with van der Waals surface area (Å²) in [6, 6.07) is 2.98. The summed E-state index contributed by atoms with van der Waals surface area (Å²) in [6.45, 7) is 0. The molecule has 0 saturated carbocycles. The SMILES string of the molecule is NC1=C(C(=O)O)C(C(C(=O)O)C(=O)O)c2cc(Br)cc(Br)c2O1. The van der Waals surface area contributed by atoms with Crippen molar-refractivity contribution in [1.29, 1.82) is 0 Å². The summed E-state index contributed by atoms with van der Waals surface area (Å²) in [4.78, 5) is 34.3. The van der Waals surface area contributed by atoms with Crippen LogP contribution in [0.15, 0.2) is 32.5 Å². The van der Waals surface area contributed by atoms with Gasteiger partial charge in [0.25, 0.3) is 0 Å². The second kappa shape index (κ2) is 6.20. The van der Waals surface area contributed by atoms with Crippen molar-refractivity contribution in [3.05, 3.63) is 38.1 Å². The van der Waals surface area contributed by atoms with Crippen molar-refractivity contribution in [2.24, 2.45) is 11.7 Å². The van der Waals surface area contributed by atoms with Gasteiger partial charge in [-0.15, -0.1) is 0 Å². The lowest BCUT2D eigenvalue weighted by molar-refractivity contribution is -0.155. The Bertz CT molecular complexity index is 745. The number of hydrogen-bond acceptors (Lipinski definition) is 5. The molecule has 1 aromatic rings. The van der Waals surface area contributed by atoms with Gasteiger partial charge in [0, 0.05) is 16.0 Å². The predicted octanol–water partition coefficient (Wildman–Crippen LogP) is 1.73. The Kier molecular flexibility index (Phi) is 4.66. The number of nitrogens with two attached hydrogens (primary N) is 1. The van der Waals surface area contributed by atoms with Crippen molar-refractivity contribution in [3.8, 4) is 5.75 Å². The van der Waals surface area contributed by atoms with Crippen LogP contribution in [0, 0.1) is 5.92 Å². The normalized spacial score (nSPS) is 16.7. The second-order valence-electron chi connectivity index (χ2n) is 4.62. The zero-order valence-corrected chi connectivity index (χ0v) is 14.3. The van der Waals surface area contributed by atoms with Gasteiger partial charge in [0.05, 0.1) is 4.47 Å². The van der Waals surface area contributed by atoms with E-state index in [2.05, 4.69) is 31.9 Å². The van der Waals surface area contributed by atoms with Crippen LogP contribution in [0.1, 0.15) is 11.5 Å². The van der Waals surface area contributed by atoms with Crippen LogP contribution in [-0.4, -0.2) is 33.2 Å². The number of ether oxygens (including phenoxy) is 1.